The highest BCUT2D eigenvalue weighted by Crippen LogP contribution is 2.42. The molecule has 2 heteroatoms. The van der Waals surface area contributed by atoms with Crippen LogP contribution in [0.4, 0.5) is 0 Å². The number of rotatable bonds is 2. The molecule has 0 amide bonds. The zero-order chi connectivity index (χ0) is 11.4. The van der Waals surface area contributed by atoms with Gasteiger partial charge in [-0.05, 0) is 24.5 Å². The van der Waals surface area contributed by atoms with E-state index < -0.39 is 0 Å². The molecule has 0 aliphatic heterocycles. The number of nitrogens with zero attached hydrogens (tertiary/aromatic N) is 1. The predicted octanol–water partition coefficient (Wildman–Crippen LogP) is 4.46. The first kappa shape index (κ1) is 11.5. The highest BCUT2D eigenvalue weighted by Gasteiger charge is 2.38. The van der Waals surface area contributed by atoms with Crippen LogP contribution < -0.4 is 0 Å². The van der Waals surface area contributed by atoms with Crippen LogP contribution in [-0.2, 0) is 5.41 Å². The van der Waals surface area contributed by atoms with Crippen LogP contribution in [0.2, 0.25) is 5.02 Å². The second-order valence-electron chi connectivity index (χ2n) is 4.64. The predicted molar refractivity (Wildman–Crippen MR) is 67.7 cm³/mol. The Kier molecular flexibility index (Phi) is 3.51. The monoisotopic (exact) mass is 233 g/mol. The largest absolute Gasteiger partial charge is 0.316 e. The maximum absolute atomic E-state index is 7.17. The van der Waals surface area contributed by atoms with Gasteiger partial charge >= 0.3 is 0 Å². The zero-order valence-corrected chi connectivity index (χ0v) is 10.1. The Hall–Kier alpha value is -1.00. The highest BCUT2D eigenvalue weighted by atomic mass is 35.5. The van der Waals surface area contributed by atoms with Gasteiger partial charge in [0.1, 0.15) is 0 Å². The summed E-state index contributed by atoms with van der Waals surface area (Å²) in [6, 6.07) is 8.03. The summed E-state index contributed by atoms with van der Waals surface area (Å²) >= 11 is 6.28. The van der Waals surface area contributed by atoms with Crippen molar-refractivity contribution in [2.75, 3.05) is 6.54 Å². The molecule has 0 N–H and O–H groups in total. The van der Waals surface area contributed by atoms with E-state index in [0.29, 0.717) is 6.54 Å². The lowest BCUT2D eigenvalue weighted by atomic mass is 9.69. The van der Waals surface area contributed by atoms with E-state index in [1.54, 1.807) is 0 Å². The average Bonchev–Trinajstić information content (AvgIpc) is 2.31. The van der Waals surface area contributed by atoms with Crippen LogP contribution in [-0.4, -0.2) is 6.54 Å². The molecule has 0 saturated heterocycles. The number of benzene rings is 1. The molecule has 0 spiro atoms. The van der Waals surface area contributed by atoms with Gasteiger partial charge in [0.05, 0.1) is 5.41 Å². The van der Waals surface area contributed by atoms with Gasteiger partial charge in [-0.15, -0.1) is 0 Å². The molecule has 0 bridgehead atoms. The SMILES string of the molecule is [C-]#[N+]CC1(c2ccccc2Cl)CCCCC1. The fourth-order valence-corrected chi connectivity index (χ4v) is 3.12. The molecule has 0 radical (unpaired) electrons. The maximum Gasteiger partial charge on any atom is 0.224 e. The van der Waals surface area contributed by atoms with E-state index >= 15 is 0 Å². The molecule has 1 fully saturated rings. The minimum Gasteiger partial charge on any atom is -0.316 e. The lowest BCUT2D eigenvalue weighted by Gasteiger charge is -2.33. The van der Waals surface area contributed by atoms with Crippen molar-refractivity contribution in [1.29, 1.82) is 0 Å². The Balaban J connectivity index is 2.39. The molecule has 16 heavy (non-hydrogen) atoms. The normalized spacial score (nSPS) is 19.0. The van der Waals surface area contributed by atoms with Crippen molar-refractivity contribution in [3.63, 3.8) is 0 Å². The van der Waals surface area contributed by atoms with Crippen LogP contribution in [0.15, 0.2) is 24.3 Å². The Bertz CT molecular complexity index is 399. The van der Waals surface area contributed by atoms with Crippen LogP contribution in [0.25, 0.3) is 4.85 Å². The molecule has 0 aromatic heterocycles. The lowest BCUT2D eigenvalue weighted by molar-refractivity contribution is 0.313. The minimum absolute atomic E-state index is 0.0261. The molecular formula is C14H16ClN. The summed E-state index contributed by atoms with van der Waals surface area (Å²) in [4.78, 5) is 3.64. The third-order valence-electron chi connectivity index (χ3n) is 3.64. The first-order valence-electron chi connectivity index (χ1n) is 5.87. The van der Waals surface area contributed by atoms with Crippen molar-refractivity contribution in [1.82, 2.24) is 0 Å². The van der Waals surface area contributed by atoms with Gasteiger partial charge in [-0.1, -0.05) is 49.1 Å². The summed E-state index contributed by atoms with van der Waals surface area (Å²) < 4.78 is 0. The molecule has 1 aromatic rings. The first-order chi connectivity index (χ1) is 7.78. The summed E-state index contributed by atoms with van der Waals surface area (Å²) in [5.74, 6) is 0. The summed E-state index contributed by atoms with van der Waals surface area (Å²) in [5, 5.41) is 0.827. The van der Waals surface area contributed by atoms with Crippen LogP contribution in [0, 0.1) is 6.57 Å². The topological polar surface area (TPSA) is 4.36 Å². The van der Waals surface area contributed by atoms with Crippen molar-refractivity contribution in [2.24, 2.45) is 0 Å². The van der Waals surface area contributed by atoms with Crippen molar-refractivity contribution < 1.29 is 0 Å². The van der Waals surface area contributed by atoms with Gasteiger partial charge in [0.2, 0.25) is 6.54 Å². The summed E-state index contributed by atoms with van der Waals surface area (Å²) in [5.41, 5.74) is 1.21. The van der Waals surface area contributed by atoms with E-state index in [2.05, 4.69) is 10.9 Å². The smallest absolute Gasteiger partial charge is 0.224 e. The Morgan fingerprint density at radius 2 is 1.88 bits per heavy atom. The zero-order valence-electron chi connectivity index (χ0n) is 9.38. The van der Waals surface area contributed by atoms with Crippen LogP contribution in [0.1, 0.15) is 37.7 Å². The highest BCUT2D eigenvalue weighted by molar-refractivity contribution is 6.31. The maximum atomic E-state index is 7.17. The molecule has 0 unspecified atom stereocenters. The van der Waals surface area contributed by atoms with Gasteiger partial charge in [-0.3, -0.25) is 0 Å². The molecule has 2 rings (SSSR count). The first-order valence-corrected chi connectivity index (χ1v) is 6.24. The van der Waals surface area contributed by atoms with Crippen molar-refractivity contribution in [2.45, 2.75) is 37.5 Å². The van der Waals surface area contributed by atoms with Gasteiger partial charge < -0.3 is 4.85 Å². The van der Waals surface area contributed by atoms with Crippen LogP contribution in [0.3, 0.4) is 0 Å². The number of hydrogen-bond acceptors (Lipinski definition) is 0. The van der Waals surface area contributed by atoms with Crippen molar-refractivity contribution >= 4 is 11.6 Å². The molecule has 1 saturated carbocycles. The van der Waals surface area contributed by atoms with E-state index in [1.807, 2.05) is 18.2 Å². The Morgan fingerprint density at radius 3 is 2.50 bits per heavy atom. The quantitative estimate of drug-likeness (QED) is 0.665. The standard InChI is InChI=1S/C14H16ClN/c1-16-11-14(9-5-2-6-10-14)12-7-3-4-8-13(12)15/h3-4,7-8H,2,5-6,9-11H2. The van der Waals surface area contributed by atoms with Crippen molar-refractivity contribution in [3.8, 4) is 0 Å². The molecule has 1 nitrogen and oxygen atoms in total. The molecular weight excluding hydrogens is 218 g/mol. The van der Waals surface area contributed by atoms with Gasteiger partial charge in [0.15, 0.2) is 0 Å². The summed E-state index contributed by atoms with van der Waals surface area (Å²) in [6.07, 6.45) is 5.96. The Labute approximate surface area is 102 Å². The van der Waals surface area contributed by atoms with Gasteiger partial charge in [0.25, 0.3) is 0 Å². The van der Waals surface area contributed by atoms with Gasteiger partial charge in [-0.25, -0.2) is 6.57 Å². The fraction of sp³-hybridized carbons (Fsp3) is 0.500. The molecule has 84 valence electrons. The van der Waals surface area contributed by atoms with Gasteiger partial charge in [-0.2, -0.15) is 0 Å². The summed E-state index contributed by atoms with van der Waals surface area (Å²) in [6.45, 7) is 7.75. The van der Waals surface area contributed by atoms with Crippen LogP contribution in [0.5, 0.6) is 0 Å². The second kappa shape index (κ2) is 4.89. The van der Waals surface area contributed by atoms with E-state index in [9.17, 15) is 0 Å². The van der Waals surface area contributed by atoms with Gasteiger partial charge in [0, 0.05) is 5.02 Å². The van der Waals surface area contributed by atoms with E-state index in [0.717, 1.165) is 17.9 Å². The number of halogens is 1. The number of hydrogen-bond donors (Lipinski definition) is 0. The molecule has 1 aromatic carbocycles. The molecule has 0 heterocycles. The van der Waals surface area contributed by atoms with Crippen LogP contribution >= 0.6 is 11.6 Å². The Morgan fingerprint density at radius 1 is 1.19 bits per heavy atom. The average molecular weight is 234 g/mol. The molecule has 0 atom stereocenters. The van der Waals surface area contributed by atoms with Crippen molar-refractivity contribution in [3.05, 3.63) is 46.3 Å². The minimum atomic E-state index is 0.0261. The summed E-state index contributed by atoms with van der Waals surface area (Å²) in [7, 11) is 0. The third-order valence-corrected chi connectivity index (χ3v) is 3.97. The second-order valence-corrected chi connectivity index (χ2v) is 5.04. The fourth-order valence-electron chi connectivity index (χ4n) is 2.78. The molecule has 1 aliphatic rings. The van der Waals surface area contributed by atoms with E-state index in [1.165, 1.54) is 24.8 Å². The van der Waals surface area contributed by atoms with E-state index in [4.69, 9.17) is 18.2 Å². The third kappa shape index (κ3) is 2.08. The van der Waals surface area contributed by atoms with E-state index in [-0.39, 0.29) is 5.41 Å². The lowest BCUT2D eigenvalue weighted by Crippen LogP contribution is -2.32. The molecule has 1 aliphatic carbocycles.